The molecule has 1 amide bonds. The van der Waals surface area contributed by atoms with E-state index in [9.17, 15) is 4.79 Å². The Bertz CT molecular complexity index is 834. The van der Waals surface area contributed by atoms with Gasteiger partial charge in [0.2, 0.25) is 0 Å². The molecule has 0 radical (unpaired) electrons. The van der Waals surface area contributed by atoms with Crippen molar-refractivity contribution in [1.29, 1.82) is 0 Å². The van der Waals surface area contributed by atoms with E-state index in [0.29, 0.717) is 12.1 Å². The molecule has 0 bridgehead atoms. The molecule has 23 heavy (non-hydrogen) atoms. The van der Waals surface area contributed by atoms with E-state index >= 15 is 0 Å². The molecule has 2 heterocycles. The molecule has 0 atom stereocenters. The van der Waals surface area contributed by atoms with Crippen molar-refractivity contribution in [3.63, 3.8) is 0 Å². The van der Waals surface area contributed by atoms with Crippen LogP contribution in [-0.4, -0.2) is 22.4 Å². The molecule has 4 nitrogen and oxygen atoms in total. The molecule has 0 aliphatic rings. The standard InChI is InChI=1S/C19H21N3O/c1-13-17(15-8-4-5-9-16(15)22-13)19(2,3)12-21-18(23)14-7-6-10-20-11-14/h4-11,22H,12H2,1-3H3,(H,21,23). The van der Waals surface area contributed by atoms with Gasteiger partial charge in [0.05, 0.1) is 5.56 Å². The van der Waals surface area contributed by atoms with Gasteiger partial charge in [-0.1, -0.05) is 32.0 Å². The number of H-pyrrole nitrogens is 1. The Balaban J connectivity index is 1.84. The van der Waals surface area contributed by atoms with Crippen LogP contribution in [0.2, 0.25) is 0 Å². The molecule has 0 fully saturated rings. The number of aryl methyl sites for hydroxylation is 1. The fourth-order valence-corrected chi connectivity index (χ4v) is 3.14. The van der Waals surface area contributed by atoms with E-state index < -0.39 is 0 Å². The predicted molar refractivity (Wildman–Crippen MR) is 92.6 cm³/mol. The van der Waals surface area contributed by atoms with E-state index in [1.807, 2.05) is 12.1 Å². The first-order valence-electron chi connectivity index (χ1n) is 7.75. The van der Waals surface area contributed by atoms with E-state index in [-0.39, 0.29) is 11.3 Å². The van der Waals surface area contributed by atoms with Crippen molar-refractivity contribution in [2.24, 2.45) is 0 Å². The van der Waals surface area contributed by atoms with Gasteiger partial charge < -0.3 is 10.3 Å². The number of hydrogen-bond donors (Lipinski definition) is 2. The second-order valence-electron chi connectivity index (χ2n) is 6.48. The van der Waals surface area contributed by atoms with Crippen molar-refractivity contribution in [2.45, 2.75) is 26.2 Å². The van der Waals surface area contributed by atoms with Crippen molar-refractivity contribution in [2.75, 3.05) is 6.54 Å². The molecule has 0 saturated carbocycles. The molecule has 2 aromatic heterocycles. The second-order valence-corrected chi connectivity index (χ2v) is 6.48. The zero-order valence-electron chi connectivity index (χ0n) is 13.7. The number of benzene rings is 1. The topological polar surface area (TPSA) is 57.8 Å². The van der Waals surface area contributed by atoms with Gasteiger partial charge in [-0.3, -0.25) is 9.78 Å². The minimum absolute atomic E-state index is 0.0938. The molecule has 4 heteroatoms. The minimum Gasteiger partial charge on any atom is -0.358 e. The lowest BCUT2D eigenvalue weighted by Crippen LogP contribution is -2.37. The first kappa shape index (κ1) is 15.3. The lowest BCUT2D eigenvalue weighted by molar-refractivity contribution is 0.0945. The number of pyridine rings is 1. The largest absolute Gasteiger partial charge is 0.358 e. The predicted octanol–water partition coefficient (Wildman–Crippen LogP) is 3.58. The second kappa shape index (κ2) is 5.88. The number of aromatic amines is 1. The fourth-order valence-electron chi connectivity index (χ4n) is 3.14. The van der Waals surface area contributed by atoms with Crippen LogP contribution in [0.4, 0.5) is 0 Å². The van der Waals surface area contributed by atoms with Gasteiger partial charge in [-0.2, -0.15) is 0 Å². The lowest BCUT2D eigenvalue weighted by atomic mass is 9.82. The highest BCUT2D eigenvalue weighted by Crippen LogP contribution is 2.33. The average Bonchev–Trinajstić information content (AvgIpc) is 2.90. The van der Waals surface area contributed by atoms with Crippen LogP contribution in [0.3, 0.4) is 0 Å². The molecule has 0 aliphatic carbocycles. The van der Waals surface area contributed by atoms with Crippen molar-refractivity contribution in [3.05, 3.63) is 65.6 Å². The van der Waals surface area contributed by atoms with Gasteiger partial charge in [0.15, 0.2) is 0 Å². The van der Waals surface area contributed by atoms with Crippen LogP contribution in [0.1, 0.15) is 35.5 Å². The summed E-state index contributed by atoms with van der Waals surface area (Å²) >= 11 is 0. The van der Waals surface area contributed by atoms with Crippen molar-refractivity contribution >= 4 is 16.8 Å². The summed E-state index contributed by atoms with van der Waals surface area (Å²) in [4.78, 5) is 19.7. The third-order valence-electron chi connectivity index (χ3n) is 4.18. The van der Waals surface area contributed by atoms with Gasteiger partial charge in [0, 0.05) is 41.0 Å². The van der Waals surface area contributed by atoms with Crippen LogP contribution in [0.25, 0.3) is 10.9 Å². The van der Waals surface area contributed by atoms with Crippen LogP contribution in [0, 0.1) is 6.92 Å². The number of carbonyl (C=O) groups is 1. The van der Waals surface area contributed by atoms with Crippen molar-refractivity contribution < 1.29 is 4.79 Å². The Morgan fingerprint density at radius 2 is 2.00 bits per heavy atom. The van der Waals surface area contributed by atoms with Gasteiger partial charge in [-0.15, -0.1) is 0 Å². The van der Waals surface area contributed by atoms with Gasteiger partial charge in [0.25, 0.3) is 5.91 Å². The van der Waals surface area contributed by atoms with Gasteiger partial charge in [0.1, 0.15) is 0 Å². The summed E-state index contributed by atoms with van der Waals surface area (Å²) in [7, 11) is 0. The van der Waals surface area contributed by atoms with Gasteiger partial charge in [-0.05, 0) is 30.7 Å². The Labute approximate surface area is 136 Å². The maximum atomic E-state index is 12.3. The van der Waals surface area contributed by atoms with Crippen molar-refractivity contribution in [3.8, 4) is 0 Å². The van der Waals surface area contributed by atoms with Crippen molar-refractivity contribution in [1.82, 2.24) is 15.3 Å². The van der Waals surface area contributed by atoms with E-state index in [2.05, 4.69) is 48.2 Å². The first-order valence-corrected chi connectivity index (χ1v) is 7.75. The molecule has 1 aromatic carbocycles. The smallest absolute Gasteiger partial charge is 0.252 e. The highest BCUT2D eigenvalue weighted by molar-refractivity contribution is 5.94. The number of rotatable bonds is 4. The fraction of sp³-hybridized carbons (Fsp3) is 0.263. The number of nitrogens with zero attached hydrogens (tertiary/aromatic N) is 1. The molecule has 0 unspecified atom stereocenters. The summed E-state index contributed by atoms with van der Waals surface area (Å²) in [5.74, 6) is -0.0938. The number of aromatic nitrogens is 2. The molecular formula is C19H21N3O. The number of carbonyl (C=O) groups excluding carboxylic acids is 1. The summed E-state index contributed by atoms with van der Waals surface area (Å²) in [6.07, 6.45) is 3.25. The van der Waals surface area contributed by atoms with E-state index in [1.54, 1.807) is 24.5 Å². The quantitative estimate of drug-likeness (QED) is 0.774. The monoisotopic (exact) mass is 307 g/mol. The maximum Gasteiger partial charge on any atom is 0.252 e. The van der Waals surface area contributed by atoms with Gasteiger partial charge >= 0.3 is 0 Å². The summed E-state index contributed by atoms with van der Waals surface area (Å²) in [6, 6.07) is 11.8. The van der Waals surface area contributed by atoms with Crippen LogP contribution >= 0.6 is 0 Å². The minimum atomic E-state index is -0.179. The Morgan fingerprint density at radius 3 is 2.74 bits per heavy atom. The molecule has 118 valence electrons. The normalized spacial score (nSPS) is 11.6. The highest BCUT2D eigenvalue weighted by atomic mass is 16.1. The zero-order valence-corrected chi connectivity index (χ0v) is 13.7. The SMILES string of the molecule is Cc1[nH]c2ccccc2c1C(C)(C)CNC(=O)c1cccnc1. The molecule has 0 aliphatic heterocycles. The maximum absolute atomic E-state index is 12.3. The third-order valence-corrected chi connectivity index (χ3v) is 4.18. The summed E-state index contributed by atoms with van der Waals surface area (Å²) in [5, 5.41) is 4.24. The summed E-state index contributed by atoms with van der Waals surface area (Å²) < 4.78 is 0. The zero-order chi connectivity index (χ0) is 16.4. The third kappa shape index (κ3) is 2.97. The first-order chi connectivity index (χ1) is 11.0. The molecule has 3 aromatic rings. The molecular weight excluding hydrogens is 286 g/mol. The van der Waals surface area contributed by atoms with Crippen LogP contribution < -0.4 is 5.32 Å². The van der Waals surface area contributed by atoms with E-state index in [4.69, 9.17) is 0 Å². The highest BCUT2D eigenvalue weighted by Gasteiger charge is 2.27. The molecule has 0 spiro atoms. The Kier molecular flexibility index (Phi) is 3.90. The van der Waals surface area contributed by atoms with Crippen LogP contribution in [0.15, 0.2) is 48.8 Å². The molecule has 3 rings (SSSR count). The number of fused-ring (bicyclic) bond motifs is 1. The number of amides is 1. The van der Waals surface area contributed by atoms with Crippen LogP contribution in [0.5, 0.6) is 0 Å². The number of hydrogen-bond acceptors (Lipinski definition) is 2. The lowest BCUT2D eigenvalue weighted by Gasteiger charge is -2.26. The van der Waals surface area contributed by atoms with Gasteiger partial charge in [-0.25, -0.2) is 0 Å². The summed E-state index contributed by atoms with van der Waals surface area (Å²) in [6.45, 7) is 6.95. The summed E-state index contributed by atoms with van der Waals surface area (Å²) in [5.41, 5.74) is 3.93. The van der Waals surface area contributed by atoms with E-state index in [1.165, 1.54) is 10.9 Å². The Hall–Kier alpha value is -2.62. The Morgan fingerprint density at radius 1 is 1.22 bits per heavy atom. The molecule has 2 N–H and O–H groups in total. The molecule has 0 saturated heterocycles. The van der Waals surface area contributed by atoms with Crippen LogP contribution in [-0.2, 0) is 5.41 Å². The average molecular weight is 307 g/mol. The van der Waals surface area contributed by atoms with E-state index in [0.717, 1.165) is 11.2 Å². The number of para-hydroxylation sites is 1. The number of nitrogens with one attached hydrogen (secondary N) is 2.